The summed E-state index contributed by atoms with van der Waals surface area (Å²) in [5.41, 5.74) is 0.0887. The highest BCUT2D eigenvalue weighted by Crippen LogP contribution is 2.05. The summed E-state index contributed by atoms with van der Waals surface area (Å²) in [6, 6.07) is 0. The minimum atomic E-state index is -0.372. The number of nitrogens with zero attached hydrogens (tertiary/aromatic N) is 4. The average Bonchev–Trinajstić information content (AvgIpc) is 2.68. The lowest BCUT2D eigenvalue weighted by Crippen LogP contribution is -2.37. The number of rotatable bonds is 1. The average molecular weight is 220 g/mol. The summed E-state index contributed by atoms with van der Waals surface area (Å²) < 4.78 is 4.04. The molecular weight excluding hydrogens is 208 g/mol. The van der Waals surface area contributed by atoms with E-state index in [2.05, 4.69) is 4.98 Å². The fraction of sp³-hybridized carbons (Fsp3) is 0.300. The molecular formula is C10H12N4O2. The zero-order valence-electron chi connectivity index (χ0n) is 9.34. The Hall–Kier alpha value is -2.11. The second-order valence-corrected chi connectivity index (χ2v) is 3.51. The van der Waals surface area contributed by atoms with E-state index in [9.17, 15) is 9.59 Å². The Balaban J connectivity index is 3.06. The number of imidazole rings is 1. The summed E-state index contributed by atoms with van der Waals surface area (Å²) >= 11 is 0. The van der Waals surface area contributed by atoms with Gasteiger partial charge in [-0.25, -0.2) is 9.78 Å². The Morgan fingerprint density at radius 1 is 1.25 bits per heavy atom. The summed E-state index contributed by atoms with van der Waals surface area (Å²) in [6.07, 6.45) is 5.04. The van der Waals surface area contributed by atoms with Crippen molar-refractivity contribution >= 4 is 17.4 Å². The van der Waals surface area contributed by atoms with Gasteiger partial charge in [0.25, 0.3) is 5.56 Å². The van der Waals surface area contributed by atoms with E-state index in [4.69, 9.17) is 0 Å². The summed E-state index contributed by atoms with van der Waals surface area (Å²) in [6.45, 7) is 1.85. The van der Waals surface area contributed by atoms with Crippen LogP contribution in [0.1, 0.15) is 6.92 Å². The quantitative estimate of drug-likeness (QED) is 0.675. The van der Waals surface area contributed by atoms with E-state index in [1.165, 1.54) is 17.9 Å². The van der Waals surface area contributed by atoms with Crippen LogP contribution in [-0.2, 0) is 14.1 Å². The van der Waals surface area contributed by atoms with E-state index in [-0.39, 0.29) is 11.2 Å². The van der Waals surface area contributed by atoms with Gasteiger partial charge in [-0.05, 0) is 6.92 Å². The van der Waals surface area contributed by atoms with Gasteiger partial charge < -0.3 is 4.57 Å². The van der Waals surface area contributed by atoms with Crippen molar-refractivity contribution in [3.8, 4) is 0 Å². The molecule has 2 aromatic heterocycles. The smallest absolute Gasteiger partial charge is 0.300 e. The third-order valence-corrected chi connectivity index (χ3v) is 2.48. The molecule has 0 aliphatic carbocycles. The minimum Gasteiger partial charge on any atom is -0.300 e. The number of hydrogen-bond donors (Lipinski definition) is 0. The first kappa shape index (κ1) is 10.4. The molecule has 0 aromatic carbocycles. The second kappa shape index (κ2) is 3.48. The highest BCUT2D eigenvalue weighted by atomic mass is 16.2. The number of aryl methyl sites for hydroxylation is 1. The van der Waals surface area contributed by atoms with Crippen LogP contribution in [0.5, 0.6) is 0 Å². The Bertz CT molecular complexity index is 687. The van der Waals surface area contributed by atoms with E-state index in [1.54, 1.807) is 23.9 Å². The largest absolute Gasteiger partial charge is 0.332 e. The molecule has 2 heterocycles. The van der Waals surface area contributed by atoms with E-state index in [0.717, 1.165) is 4.57 Å². The van der Waals surface area contributed by atoms with Crippen LogP contribution in [0.2, 0.25) is 0 Å². The van der Waals surface area contributed by atoms with E-state index in [0.29, 0.717) is 11.2 Å². The van der Waals surface area contributed by atoms with Gasteiger partial charge in [-0.1, -0.05) is 6.08 Å². The Labute approximate surface area is 91.1 Å². The Kier molecular flexibility index (Phi) is 2.26. The van der Waals surface area contributed by atoms with Crippen molar-refractivity contribution in [2.24, 2.45) is 14.1 Å². The molecule has 6 heteroatoms. The van der Waals surface area contributed by atoms with Gasteiger partial charge in [0.1, 0.15) is 6.33 Å². The van der Waals surface area contributed by atoms with E-state index >= 15 is 0 Å². The van der Waals surface area contributed by atoms with Crippen molar-refractivity contribution in [2.45, 2.75) is 6.92 Å². The minimum absolute atomic E-state index is 0.339. The molecule has 2 rings (SSSR count). The van der Waals surface area contributed by atoms with Crippen molar-refractivity contribution in [1.82, 2.24) is 18.7 Å². The molecule has 0 aliphatic heterocycles. The lowest BCUT2D eigenvalue weighted by Gasteiger charge is -2.03. The second-order valence-electron chi connectivity index (χ2n) is 3.51. The van der Waals surface area contributed by atoms with Crippen LogP contribution in [0.4, 0.5) is 0 Å². The fourth-order valence-electron chi connectivity index (χ4n) is 1.64. The number of aromatic nitrogens is 4. The lowest BCUT2D eigenvalue weighted by molar-refractivity contribution is 0.708. The zero-order valence-corrected chi connectivity index (χ0v) is 9.34. The first-order valence-corrected chi connectivity index (χ1v) is 4.83. The lowest BCUT2D eigenvalue weighted by atomic mass is 10.5. The summed E-state index contributed by atoms with van der Waals surface area (Å²) in [4.78, 5) is 27.6. The topological polar surface area (TPSA) is 61.8 Å². The maximum Gasteiger partial charge on any atom is 0.332 e. The van der Waals surface area contributed by atoms with Crippen LogP contribution < -0.4 is 11.2 Å². The van der Waals surface area contributed by atoms with Gasteiger partial charge in [-0.2, -0.15) is 0 Å². The molecule has 6 nitrogen and oxygen atoms in total. The van der Waals surface area contributed by atoms with E-state index < -0.39 is 0 Å². The third kappa shape index (κ3) is 1.23. The van der Waals surface area contributed by atoms with Gasteiger partial charge in [0.2, 0.25) is 0 Å². The molecule has 0 N–H and O–H groups in total. The fourth-order valence-corrected chi connectivity index (χ4v) is 1.64. The molecule has 16 heavy (non-hydrogen) atoms. The van der Waals surface area contributed by atoms with Crippen LogP contribution in [0.3, 0.4) is 0 Å². The summed E-state index contributed by atoms with van der Waals surface area (Å²) in [7, 11) is 3.05. The van der Waals surface area contributed by atoms with Gasteiger partial charge in [0, 0.05) is 20.3 Å². The summed E-state index contributed by atoms with van der Waals surface area (Å²) in [5.74, 6) is 0. The van der Waals surface area contributed by atoms with Gasteiger partial charge >= 0.3 is 5.69 Å². The van der Waals surface area contributed by atoms with Crippen molar-refractivity contribution in [2.75, 3.05) is 0 Å². The van der Waals surface area contributed by atoms with Crippen molar-refractivity contribution in [3.05, 3.63) is 33.2 Å². The normalized spacial score (nSPS) is 11.7. The van der Waals surface area contributed by atoms with Crippen molar-refractivity contribution < 1.29 is 0 Å². The highest BCUT2D eigenvalue weighted by Gasteiger charge is 2.12. The first-order valence-electron chi connectivity index (χ1n) is 4.83. The van der Waals surface area contributed by atoms with Crippen LogP contribution in [0.25, 0.3) is 17.4 Å². The van der Waals surface area contributed by atoms with Crippen LogP contribution >= 0.6 is 0 Å². The standard InChI is InChI=1S/C10H12N4O2/c1-4-5-14-6-11-8-7(14)9(15)13(3)10(16)12(8)2/h4-6H,1-3H3/b5-4+. The van der Waals surface area contributed by atoms with Gasteiger partial charge in [-0.3, -0.25) is 13.9 Å². The Morgan fingerprint density at radius 2 is 1.94 bits per heavy atom. The molecule has 0 fully saturated rings. The molecule has 0 aliphatic rings. The van der Waals surface area contributed by atoms with Gasteiger partial charge in [-0.15, -0.1) is 0 Å². The molecule has 0 saturated carbocycles. The number of hydrogen-bond acceptors (Lipinski definition) is 3. The molecule has 2 aromatic rings. The SMILES string of the molecule is C/C=C/n1cnc2c1c(=O)n(C)c(=O)n2C. The van der Waals surface area contributed by atoms with Crippen LogP contribution in [0, 0.1) is 0 Å². The summed E-state index contributed by atoms with van der Waals surface area (Å²) in [5, 5.41) is 0. The first-order chi connectivity index (χ1) is 7.57. The molecule has 84 valence electrons. The van der Waals surface area contributed by atoms with E-state index in [1.807, 2.05) is 6.92 Å². The molecule has 0 spiro atoms. The Morgan fingerprint density at radius 3 is 2.56 bits per heavy atom. The maximum absolute atomic E-state index is 11.9. The third-order valence-electron chi connectivity index (χ3n) is 2.48. The van der Waals surface area contributed by atoms with Crippen molar-refractivity contribution in [1.29, 1.82) is 0 Å². The zero-order chi connectivity index (χ0) is 11.9. The van der Waals surface area contributed by atoms with Crippen molar-refractivity contribution in [3.63, 3.8) is 0 Å². The van der Waals surface area contributed by atoms with Gasteiger partial charge in [0.15, 0.2) is 11.2 Å². The molecule has 0 bridgehead atoms. The molecule has 0 saturated heterocycles. The molecule has 0 amide bonds. The monoisotopic (exact) mass is 220 g/mol. The van der Waals surface area contributed by atoms with Crippen LogP contribution in [0.15, 0.2) is 22.0 Å². The molecule has 0 atom stereocenters. The van der Waals surface area contributed by atoms with Crippen LogP contribution in [-0.4, -0.2) is 18.7 Å². The predicted octanol–water partition coefficient (Wildman–Crippen LogP) is -0.0757. The predicted molar refractivity (Wildman–Crippen MR) is 61.2 cm³/mol. The molecule has 0 radical (unpaired) electrons. The van der Waals surface area contributed by atoms with Gasteiger partial charge in [0.05, 0.1) is 0 Å². The number of fused-ring (bicyclic) bond motifs is 1. The highest BCUT2D eigenvalue weighted by molar-refractivity contribution is 5.72. The molecule has 0 unspecified atom stereocenters. The number of allylic oxidation sites excluding steroid dienone is 1. The maximum atomic E-state index is 11.9.